The third kappa shape index (κ3) is 4.94. The first-order valence-electron chi connectivity index (χ1n) is 7.19. The van der Waals surface area contributed by atoms with E-state index in [1.807, 2.05) is 6.92 Å². The molecule has 1 saturated heterocycles. The molecule has 106 valence electrons. The van der Waals surface area contributed by atoms with Gasteiger partial charge in [0.15, 0.2) is 0 Å². The summed E-state index contributed by atoms with van der Waals surface area (Å²) < 4.78 is 0. The Labute approximate surface area is 111 Å². The van der Waals surface area contributed by atoms with E-state index in [-0.39, 0.29) is 11.8 Å². The molecule has 1 aliphatic heterocycles. The maximum Gasteiger partial charge on any atom is 0.223 e. The number of hydrogen-bond donors (Lipinski definition) is 2. The summed E-state index contributed by atoms with van der Waals surface area (Å²) in [6, 6.07) is 1.18. The van der Waals surface area contributed by atoms with E-state index in [1.54, 1.807) is 7.05 Å². The van der Waals surface area contributed by atoms with E-state index in [1.165, 1.54) is 25.7 Å². The molecule has 0 saturated carbocycles. The van der Waals surface area contributed by atoms with Crippen LogP contribution >= 0.6 is 0 Å². The standard InChI is InChI=1S/C14H29N3O/c1-11(14(18)15-3)10-17(4)12(2)9-13-7-5-6-8-16-13/h11-13,16H,5-10H2,1-4H3,(H,15,18). The van der Waals surface area contributed by atoms with Crippen molar-refractivity contribution in [3.63, 3.8) is 0 Å². The van der Waals surface area contributed by atoms with Crippen LogP contribution in [0.25, 0.3) is 0 Å². The van der Waals surface area contributed by atoms with Crippen molar-refractivity contribution in [2.75, 3.05) is 27.2 Å². The average molecular weight is 255 g/mol. The van der Waals surface area contributed by atoms with Crippen LogP contribution in [0.5, 0.6) is 0 Å². The second kappa shape index (κ2) is 7.74. The molecule has 4 nitrogen and oxygen atoms in total. The summed E-state index contributed by atoms with van der Waals surface area (Å²) in [5, 5.41) is 6.30. The van der Waals surface area contributed by atoms with Crippen LogP contribution in [0.15, 0.2) is 0 Å². The van der Waals surface area contributed by atoms with Crippen LogP contribution in [0, 0.1) is 5.92 Å². The number of carbonyl (C=O) groups is 1. The molecule has 1 heterocycles. The second-order valence-corrected chi connectivity index (χ2v) is 5.69. The lowest BCUT2D eigenvalue weighted by molar-refractivity contribution is -0.124. The maximum absolute atomic E-state index is 11.5. The van der Waals surface area contributed by atoms with Crippen LogP contribution in [0.3, 0.4) is 0 Å². The number of carbonyl (C=O) groups excluding carboxylic acids is 1. The highest BCUT2D eigenvalue weighted by Gasteiger charge is 2.21. The van der Waals surface area contributed by atoms with Crippen LogP contribution < -0.4 is 10.6 Å². The normalized spacial score (nSPS) is 23.7. The molecule has 0 radical (unpaired) electrons. The number of piperidine rings is 1. The Bertz CT molecular complexity index is 251. The highest BCUT2D eigenvalue weighted by molar-refractivity contribution is 5.78. The van der Waals surface area contributed by atoms with Gasteiger partial charge in [0, 0.05) is 31.6 Å². The molecule has 0 aromatic carbocycles. The van der Waals surface area contributed by atoms with Gasteiger partial charge in [-0.15, -0.1) is 0 Å². The Morgan fingerprint density at radius 1 is 1.44 bits per heavy atom. The van der Waals surface area contributed by atoms with Gasteiger partial charge in [-0.3, -0.25) is 4.79 Å². The van der Waals surface area contributed by atoms with Gasteiger partial charge in [-0.2, -0.15) is 0 Å². The first-order chi connectivity index (χ1) is 8.54. The summed E-state index contributed by atoms with van der Waals surface area (Å²) in [6.07, 6.45) is 5.14. The van der Waals surface area contributed by atoms with E-state index in [2.05, 4.69) is 29.5 Å². The summed E-state index contributed by atoms with van der Waals surface area (Å²) in [7, 11) is 3.82. The molecule has 0 spiro atoms. The lowest BCUT2D eigenvalue weighted by Gasteiger charge is -2.32. The Morgan fingerprint density at radius 2 is 2.17 bits per heavy atom. The first-order valence-corrected chi connectivity index (χ1v) is 7.19. The lowest BCUT2D eigenvalue weighted by atomic mass is 9.98. The van der Waals surface area contributed by atoms with Gasteiger partial charge in [-0.1, -0.05) is 13.3 Å². The molecule has 0 aliphatic carbocycles. The smallest absolute Gasteiger partial charge is 0.223 e. The summed E-state index contributed by atoms with van der Waals surface area (Å²) >= 11 is 0. The number of nitrogens with one attached hydrogen (secondary N) is 2. The molecule has 3 atom stereocenters. The van der Waals surface area contributed by atoms with Gasteiger partial charge in [0.25, 0.3) is 0 Å². The lowest BCUT2D eigenvalue weighted by Crippen LogP contribution is -2.43. The molecule has 1 rings (SSSR count). The Kier molecular flexibility index (Phi) is 6.65. The third-order valence-electron chi connectivity index (χ3n) is 4.05. The van der Waals surface area contributed by atoms with Crippen molar-refractivity contribution >= 4 is 5.91 Å². The molecule has 3 unspecified atom stereocenters. The van der Waals surface area contributed by atoms with Crippen molar-refractivity contribution in [1.82, 2.24) is 15.5 Å². The van der Waals surface area contributed by atoms with Crippen LogP contribution in [0.2, 0.25) is 0 Å². The predicted octanol–water partition coefficient (Wildman–Crippen LogP) is 1.22. The number of rotatable bonds is 6. The molecule has 2 N–H and O–H groups in total. The minimum Gasteiger partial charge on any atom is -0.359 e. The maximum atomic E-state index is 11.5. The van der Waals surface area contributed by atoms with E-state index >= 15 is 0 Å². The van der Waals surface area contributed by atoms with Crippen molar-refractivity contribution < 1.29 is 4.79 Å². The second-order valence-electron chi connectivity index (χ2n) is 5.69. The largest absolute Gasteiger partial charge is 0.359 e. The topological polar surface area (TPSA) is 44.4 Å². The highest BCUT2D eigenvalue weighted by Crippen LogP contribution is 2.15. The van der Waals surface area contributed by atoms with Gasteiger partial charge in [0.05, 0.1) is 0 Å². The van der Waals surface area contributed by atoms with Gasteiger partial charge >= 0.3 is 0 Å². The predicted molar refractivity (Wildman–Crippen MR) is 75.6 cm³/mol. The van der Waals surface area contributed by atoms with Crippen LogP contribution in [0.4, 0.5) is 0 Å². The highest BCUT2D eigenvalue weighted by atomic mass is 16.1. The van der Waals surface area contributed by atoms with E-state index in [0.29, 0.717) is 12.1 Å². The third-order valence-corrected chi connectivity index (χ3v) is 4.05. The number of amides is 1. The molecule has 0 aromatic heterocycles. The van der Waals surface area contributed by atoms with Crippen molar-refractivity contribution in [2.24, 2.45) is 5.92 Å². The molecule has 18 heavy (non-hydrogen) atoms. The zero-order valence-corrected chi connectivity index (χ0v) is 12.3. The SMILES string of the molecule is CNC(=O)C(C)CN(C)C(C)CC1CCCCN1. The fourth-order valence-corrected chi connectivity index (χ4v) is 2.66. The molecule has 4 heteroatoms. The molecular formula is C14H29N3O. The number of nitrogens with zero attached hydrogens (tertiary/aromatic N) is 1. The quantitative estimate of drug-likeness (QED) is 0.750. The fraction of sp³-hybridized carbons (Fsp3) is 0.929. The zero-order chi connectivity index (χ0) is 13.5. The van der Waals surface area contributed by atoms with Crippen LogP contribution in [-0.4, -0.2) is 50.1 Å². The summed E-state index contributed by atoms with van der Waals surface area (Å²) in [5.74, 6) is 0.187. The van der Waals surface area contributed by atoms with Gasteiger partial charge in [0.1, 0.15) is 0 Å². The van der Waals surface area contributed by atoms with Gasteiger partial charge in [-0.25, -0.2) is 0 Å². The van der Waals surface area contributed by atoms with E-state index in [4.69, 9.17) is 0 Å². The summed E-state index contributed by atoms with van der Waals surface area (Å²) in [5.41, 5.74) is 0. The molecule has 1 amide bonds. The molecule has 1 fully saturated rings. The zero-order valence-electron chi connectivity index (χ0n) is 12.3. The minimum absolute atomic E-state index is 0.0572. The summed E-state index contributed by atoms with van der Waals surface area (Å²) in [4.78, 5) is 13.8. The first kappa shape index (κ1) is 15.4. The van der Waals surface area contributed by atoms with Gasteiger partial charge in [0.2, 0.25) is 5.91 Å². The monoisotopic (exact) mass is 255 g/mol. The molecule has 0 aromatic rings. The van der Waals surface area contributed by atoms with Crippen molar-refractivity contribution in [2.45, 2.75) is 51.6 Å². The molecule has 0 bridgehead atoms. The molecule has 1 aliphatic rings. The fourth-order valence-electron chi connectivity index (χ4n) is 2.66. The van der Waals surface area contributed by atoms with E-state index in [0.717, 1.165) is 13.1 Å². The average Bonchev–Trinajstić information content (AvgIpc) is 2.38. The molecular weight excluding hydrogens is 226 g/mol. The van der Waals surface area contributed by atoms with E-state index < -0.39 is 0 Å². The minimum atomic E-state index is 0.0572. The van der Waals surface area contributed by atoms with Crippen molar-refractivity contribution in [3.8, 4) is 0 Å². The van der Waals surface area contributed by atoms with Gasteiger partial charge < -0.3 is 15.5 Å². The van der Waals surface area contributed by atoms with Crippen molar-refractivity contribution in [1.29, 1.82) is 0 Å². The number of hydrogen-bond acceptors (Lipinski definition) is 3. The van der Waals surface area contributed by atoms with Gasteiger partial charge in [-0.05, 0) is 39.8 Å². The van der Waals surface area contributed by atoms with E-state index in [9.17, 15) is 4.79 Å². The van der Waals surface area contributed by atoms with Crippen molar-refractivity contribution in [3.05, 3.63) is 0 Å². The Balaban J connectivity index is 2.31. The van der Waals surface area contributed by atoms with Crippen LogP contribution in [-0.2, 0) is 4.79 Å². The Hall–Kier alpha value is -0.610. The summed E-state index contributed by atoms with van der Waals surface area (Å²) in [6.45, 7) is 6.23. The van der Waals surface area contributed by atoms with Crippen LogP contribution in [0.1, 0.15) is 39.5 Å². The Morgan fingerprint density at radius 3 is 2.72 bits per heavy atom.